The van der Waals surface area contributed by atoms with Gasteiger partial charge in [-0.05, 0) is 70.1 Å². The van der Waals surface area contributed by atoms with E-state index in [1.165, 1.54) is 0 Å². The van der Waals surface area contributed by atoms with Crippen molar-refractivity contribution < 1.29 is 4.79 Å². The summed E-state index contributed by atoms with van der Waals surface area (Å²) in [6.07, 6.45) is 1.96. The largest absolute Gasteiger partial charge is 0.338 e. The Morgan fingerprint density at radius 1 is 1.33 bits per heavy atom. The van der Waals surface area contributed by atoms with Gasteiger partial charge in [-0.1, -0.05) is 17.7 Å². The van der Waals surface area contributed by atoms with Gasteiger partial charge in [0.15, 0.2) is 4.77 Å². The molecule has 1 aromatic carbocycles. The highest BCUT2D eigenvalue weighted by Crippen LogP contribution is 2.29. The first-order valence-electron chi connectivity index (χ1n) is 10.3. The number of nitrogens with zero attached hydrogens (tertiary/aromatic N) is 4. The Balaban J connectivity index is 1.62. The van der Waals surface area contributed by atoms with E-state index in [1.54, 1.807) is 0 Å². The average Bonchev–Trinajstić information content (AvgIpc) is 3.26. The first kappa shape index (κ1) is 20.9. The molecular formula is C22H26ClN5OS. The van der Waals surface area contributed by atoms with Crippen LogP contribution in [0.15, 0.2) is 30.3 Å². The molecule has 1 aliphatic heterocycles. The highest BCUT2D eigenvalue weighted by molar-refractivity contribution is 7.71. The zero-order valence-corrected chi connectivity index (χ0v) is 19.1. The Labute approximate surface area is 186 Å². The lowest BCUT2D eigenvalue weighted by molar-refractivity contribution is 0.0702. The number of benzene rings is 1. The third kappa shape index (κ3) is 3.72. The molecule has 0 aliphatic carbocycles. The summed E-state index contributed by atoms with van der Waals surface area (Å²) < 4.78 is 4.75. The van der Waals surface area contributed by atoms with E-state index in [1.807, 2.05) is 53.6 Å². The average molecular weight is 444 g/mol. The van der Waals surface area contributed by atoms with Crippen LogP contribution in [-0.2, 0) is 6.54 Å². The molecule has 0 bridgehead atoms. The Kier molecular flexibility index (Phi) is 5.84. The van der Waals surface area contributed by atoms with Crippen LogP contribution in [-0.4, -0.2) is 43.2 Å². The molecule has 4 rings (SSSR count). The van der Waals surface area contributed by atoms with Gasteiger partial charge in [0, 0.05) is 47.7 Å². The van der Waals surface area contributed by atoms with E-state index in [0.29, 0.717) is 16.3 Å². The monoisotopic (exact) mass is 443 g/mol. The fraction of sp³-hybridized carbons (Fsp3) is 0.409. The van der Waals surface area contributed by atoms with Gasteiger partial charge < -0.3 is 14.0 Å². The first-order valence-corrected chi connectivity index (χ1v) is 11.1. The van der Waals surface area contributed by atoms with E-state index in [-0.39, 0.29) is 11.8 Å². The quantitative estimate of drug-likeness (QED) is 0.574. The maximum absolute atomic E-state index is 13.5. The number of hydrogen-bond acceptors (Lipinski definition) is 3. The first-order chi connectivity index (χ1) is 14.4. The van der Waals surface area contributed by atoms with Gasteiger partial charge in [0.25, 0.3) is 5.91 Å². The van der Waals surface area contributed by atoms with Crippen LogP contribution in [0.4, 0.5) is 0 Å². The maximum atomic E-state index is 13.5. The third-order valence-corrected chi connectivity index (χ3v) is 6.45. The lowest BCUT2D eigenvalue weighted by Gasteiger charge is -2.32. The standard InChI is InChI=1S/C22H26ClN5OS/c1-4-27-20(24-25-22(27)30)16-7-6-10-26(13-16)21(29)19-11-14(2)28(15(19)3)18-9-5-8-17(23)12-18/h5,8-9,11-12,16H,4,6-7,10,13H2,1-3H3,(H,25,30). The molecule has 1 fully saturated rings. The summed E-state index contributed by atoms with van der Waals surface area (Å²) in [5, 5.41) is 8.03. The SMILES string of the molecule is CCn1c(C2CCCN(C(=O)c3cc(C)n(-c4cccc(Cl)c4)c3C)C2)n[nH]c1=S. The van der Waals surface area contributed by atoms with Gasteiger partial charge >= 0.3 is 0 Å². The number of piperidine rings is 1. The topological polar surface area (TPSA) is 58.9 Å². The summed E-state index contributed by atoms with van der Waals surface area (Å²) in [6, 6.07) is 9.67. The van der Waals surface area contributed by atoms with Gasteiger partial charge in [-0.2, -0.15) is 5.10 Å². The molecular weight excluding hydrogens is 418 g/mol. The highest BCUT2D eigenvalue weighted by atomic mass is 35.5. The smallest absolute Gasteiger partial charge is 0.255 e. The highest BCUT2D eigenvalue weighted by Gasteiger charge is 2.30. The molecule has 1 amide bonds. The minimum absolute atomic E-state index is 0.0678. The van der Waals surface area contributed by atoms with Crippen molar-refractivity contribution in [1.82, 2.24) is 24.2 Å². The predicted octanol–water partition coefficient (Wildman–Crippen LogP) is 5.04. The summed E-state index contributed by atoms with van der Waals surface area (Å²) in [6.45, 7) is 8.25. The number of likely N-dealkylation sites (tertiary alicyclic amines) is 1. The molecule has 0 saturated carbocycles. The molecule has 0 radical (unpaired) electrons. The zero-order chi connectivity index (χ0) is 21.4. The lowest BCUT2D eigenvalue weighted by Crippen LogP contribution is -2.40. The molecule has 6 nitrogen and oxygen atoms in total. The van der Waals surface area contributed by atoms with Crippen molar-refractivity contribution in [2.75, 3.05) is 13.1 Å². The number of aromatic amines is 1. The Bertz CT molecular complexity index is 1140. The molecule has 1 atom stereocenters. The van der Waals surface area contributed by atoms with Crippen molar-refractivity contribution in [3.8, 4) is 5.69 Å². The molecule has 30 heavy (non-hydrogen) atoms. The minimum atomic E-state index is 0.0678. The van der Waals surface area contributed by atoms with Crippen LogP contribution in [0, 0.1) is 18.6 Å². The van der Waals surface area contributed by atoms with Crippen LogP contribution < -0.4 is 0 Å². The Hall–Kier alpha value is -2.38. The molecule has 3 heterocycles. The molecule has 1 N–H and O–H groups in total. The van der Waals surface area contributed by atoms with Crippen molar-refractivity contribution in [1.29, 1.82) is 0 Å². The summed E-state index contributed by atoms with van der Waals surface area (Å²) in [4.78, 5) is 15.4. The second kappa shape index (κ2) is 8.40. The van der Waals surface area contributed by atoms with Crippen LogP contribution >= 0.6 is 23.8 Å². The number of aryl methyl sites for hydroxylation is 1. The molecule has 158 valence electrons. The number of amides is 1. The molecule has 1 aliphatic rings. The van der Waals surface area contributed by atoms with Crippen LogP contribution in [0.3, 0.4) is 0 Å². The van der Waals surface area contributed by atoms with E-state index in [9.17, 15) is 4.79 Å². The van der Waals surface area contributed by atoms with Crippen molar-refractivity contribution in [2.24, 2.45) is 0 Å². The summed E-state index contributed by atoms with van der Waals surface area (Å²) >= 11 is 11.5. The number of nitrogens with one attached hydrogen (secondary N) is 1. The zero-order valence-electron chi connectivity index (χ0n) is 17.5. The minimum Gasteiger partial charge on any atom is -0.338 e. The van der Waals surface area contributed by atoms with E-state index >= 15 is 0 Å². The third-order valence-electron chi connectivity index (χ3n) is 5.91. The van der Waals surface area contributed by atoms with E-state index < -0.39 is 0 Å². The predicted molar refractivity (Wildman–Crippen MR) is 121 cm³/mol. The van der Waals surface area contributed by atoms with Crippen LogP contribution in [0.2, 0.25) is 5.02 Å². The van der Waals surface area contributed by atoms with Gasteiger partial charge in [-0.15, -0.1) is 0 Å². The number of hydrogen-bond donors (Lipinski definition) is 1. The van der Waals surface area contributed by atoms with Gasteiger partial charge in [0.1, 0.15) is 5.82 Å². The number of halogens is 1. The maximum Gasteiger partial charge on any atom is 0.255 e. The van der Waals surface area contributed by atoms with E-state index in [2.05, 4.69) is 21.7 Å². The number of carbonyl (C=O) groups excluding carboxylic acids is 1. The van der Waals surface area contributed by atoms with Gasteiger partial charge in [0.2, 0.25) is 0 Å². The van der Waals surface area contributed by atoms with Crippen molar-refractivity contribution in [3.63, 3.8) is 0 Å². The summed E-state index contributed by atoms with van der Waals surface area (Å²) in [5.41, 5.74) is 3.64. The summed E-state index contributed by atoms with van der Waals surface area (Å²) in [5.74, 6) is 1.20. The fourth-order valence-electron chi connectivity index (χ4n) is 4.48. The van der Waals surface area contributed by atoms with Gasteiger partial charge in [-0.3, -0.25) is 9.89 Å². The second-order valence-electron chi connectivity index (χ2n) is 7.82. The van der Waals surface area contributed by atoms with Gasteiger partial charge in [0.05, 0.1) is 5.56 Å². The van der Waals surface area contributed by atoms with Crippen LogP contribution in [0.25, 0.3) is 5.69 Å². The second-order valence-corrected chi connectivity index (χ2v) is 8.64. The van der Waals surface area contributed by atoms with Crippen molar-refractivity contribution in [3.05, 3.63) is 62.9 Å². The Morgan fingerprint density at radius 2 is 2.13 bits per heavy atom. The van der Waals surface area contributed by atoms with Crippen LogP contribution in [0.5, 0.6) is 0 Å². The van der Waals surface area contributed by atoms with Crippen LogP contribution in [0.1, 0.15) is 53.3 Å². The number of H-pyrrole nitrogens is 1. The molecule has 8 heteroatoms. The number of aromatic nitrogens is 4. The molecule has 1 saturated heterocycles. The number of carbonyl (C=O) groups is 1. The van der Waals surface area contributed by atoms with Gasteiger partial charge in [-0.25, -0.2) is 0 Å². The Morgan fingerprint density at radius 3 is 2.87 bits per heavy atom. The molecule has 2 aromatic heterocycles. The summed E-state index contributed by atoms with van der Waals surface area (Å²) in [7, 11) is 0. The van der Waals surface area contributed by atoms with Crippen molar-refractivity contribution in [2.45, 2.75) is 46.1 Å². The number of rotatable bonds is 4. The normalized spacial score (nSPS) is 16.8. The molecule has 1 unspecified atom stereocenters. The van der Waals surface area contributed by atoms with Crippen molar-refractivity contribution >= 4 is 29.7 Å². The molecule has 0 spiro atoms. The molecule has 3 aromatic rings. The lowest BCUT2D eigenvalue weighted by atomic mass is 9.96. The van der Waals surface area contributed by atoms with E-state index in [4.69, 9.17) is 23.8 Å². The fourth-order valence-corrected chi connectivity index (χ4v) is 4.93. The van der Waals surface area contributed by atoms with E-state index in [0.717, 1.165) is 54.4 Å².